The van der Waals surface area contributed by atoms with Gasteiger partial charge < -0.3 is 13.9 Å². The predicted molar refractivity (Wildman–Crippen MR) is 264 cm³/mol. The summed E-state index contributed by atoms with van der Waals surface area (Å²) in [5.41, 5.74) is 12.9. The molecule has 0 aliphatic rings. The number of anilines is 3. The summed E-state index contributed by atoms with van der Waals surface area (Å²) in [5, 5.41) is 9.67. The molecule has 3 aromatic heterocycles. The maximum absolute atomic E-state index is 6.95. The van der Waals surface area contributed by atoms with E-state index in [0.717, 1.165) is 55.8 Å². The van der Waals surface area contributed by atoms with E-state index in [4.69, 9.17) is 4.42 Å². The number of benzene rings is 10. The molecule has 0 atom stereocenters. The lowest BCUT2D eigenvalue weighted by Gasteiger charge is -2.27. The van der Waals surface area contributed by atoms with E-state index in [0.29, 0.717) is 0 Å². The summed E-state index contributed by atoms with van der Waals surface area (Å²) in [4.78, 5) is 2.40. The highest BCUT2D eigenvalue weighted by molar-refractivity contribution is 7.25. The predicted octanol–water partition coefficient (Wildman–Crippen LogP) is 17.0. The van der Waals surface area contributed by atoms with E-state index in [1.165, 1.54) is 63.9 Å². The molecule has 10 aromatic carbocycles. The van der Waals surface area contributed by atoms with Crippen molar-refractivity contribution in [2.45, 2.75) is 0 Å². The normalized spacial score (nSPS) is 11.9. The van der Waals surface area contributed by atoms with Crippen LogP contribution in [0.25, 0.3) is 103 Å². The van der Waals surface area contributed by atoms with Crippen LogP contribution in [0.1, 0.15) is 0 Å². The van der Waals surface area contributed by atoms with Crippen LogP contribution in [0, 0.1) is 0 Å². The smallest absolute Gasteiger partial charge is 0.145 e. The Morgan fingerprint density at radius 1 is 0.403 bits per heavy atom. The van der Waals surface area contributed by atoms with E-state index in [2.05, 4.69) is 228 Å². The van der Waals surface area contributed by atoms with Gasteiger partial charge in [0.05, 0.1) is 22.1 Å². The molecule has 290 valence electrons. The van der Waals surface area contributed by atoms with Crippen LogP contribution in [0.5, 0.6) is 0 Å². The zero-order chi connectivity index (χ0) is 40.7. The molecule has 4 heteroatoms. The van der Waals surface area contributed by atoms with Gasteiger partial charge in [0.25, 0.3) is 0 Å². The molecule has 62 heavy (non-hydrogen) atoms. The summed E-state index contributed by atoms with van der Waals surface area (Å²) < 4.78 is 12.0. The van der Waals surface area contributed by atoms with Gasteiger partial charge in [-0.05, 0) is 112 Å². The van der Waals surface area contributed by atoms with Crippen LogP contribution in [0.2, 0.25) is 0 Å². The molecule has 3 heterocycles. The largest absolute Gasteiger partial charge is 0.455 e. The number of para-hydroxylation sites is 3. The van der Waals surface area contributed by atoms with Crippen LogP contribution in [0.15, 0.2) is 223 Å². The van der Waals surface area contributed by atoms with Gasteiger partial charge in [0.2, 0.25) is 0 Å². The van der Waals surface area contributed by atoms with Gasteiger partial charge in [-0.15, -0.1) is 11.3 Å². The number of furan rings is 1. The first-order chi connectivity index (χ1) is 30.7. The van der Waals surface area contributed by atoms with E-state index < -0.39 is 0 Å². The third-order valence-corrected chi connectivity index (χ3v) is 13.7. The maximum Gasteiger partial charge on any atom is 0.145 e. The molecule has 13 aromatic rings. The quantitative estimate of drug-likeness (QED) is 0.167. The molecule has 13 rings (SSSR count). The Kier molecular flexibility index (Phi) is 7.78. The van der Waals surface area contributed by atoms with Gasteiger partial charge in [-0.3, -0.25) is 0 Å². The molecule has 0 radical (unpaired) electrons. The second-order valence-corrected chi connectivity index (χ2v) is 17.2. The highest BCUT2D eigenvalue weighted by atomic mass is 32.1. The summed E-state index contributed by atoms with van der Waals surface area (Å²) in [6, 6.07) is 79.2. The Morgan fingerprint density at radius 2 is 1.06 bits per heavy atom. The van der Waals surface area contributed by atoms with Gasteiger partial charge in [0, 0.05) is 59.0 Å². The van der Waals surface area contributed by atoms with Crippen molar-refractivity contribution in [2.24, 2.45) is 0 Å². The SMILES string of the molecule is c1cc(-c2ccc(N(c3ccc(-c4ccc5sc6ccccc6c5c4)cc3)c3ccc4ccccc4c3)c3c2oc2ccccc23)cc(-n2c3ccccc3c3ccccc32)c1. The first-order valence-corrected chi connectivity index (χ1v) is 21.9. The molecule has 0 N–H and O–H groups in total. The van der Waals surface area contributed by atoms with Crippen LogP contribution < -0.4 is 4.90 Å². The molecule has 0 amide bonds. The van der Waals surface area contributed by atoms with E-state index in [9.17, 15) is 0 Å². The molecule has 0 bridgehead atoms. The zero-order valence-electron chi connectivity index (χ0n) is 33.5. The van der Waals surface area contributed by atoms with Crippen LogP contribution in [-0.2, 0) is 0 Å². The monoisotopic (exact) mass is 808 g/mol. The summed E-state index contributed by atoms with van der Waals surface area (Å²) >= 11 is 1.85. The molecule has 0 unspecified atom stereocenters. The number of thiophene rings is 1. The molecule has 3 nitrogen and oxygen atoms in total. The summed E-state index contributed by atoms with van der Waals surface area (Å²) in [6.45, 7) is 0. The third-order valence-electron chi connectivity index (χ3n) is 12.6. The van der Waals surface area contributed by atoms with E-state index in [1.807, 2.05) is 11.3 Å². The standard InChI is InChI=1S/C58H36N2OS/c1-2-13-39-34-44(30-26-37(39)12-1)59(42-28-24-38(25-29-42)40-27-33-56-50(36-40)48-18-6-10-23-55(48)62-56)53-32-31-45(58-57(53)49-19-5-9-22-54(49)61-58)41-14-11-15-43(35-41)60-51-20-7-3-16-46(51)47-17-4-8-21-52(47)60/h1-36H. The Balaban J connectivity index is 0.994. The van der Waals surface area contributed by atoms with Gasteiger partial charge in [-0.1, -0.05) is 133 Å². The number of rotatable bonds is 6. The van der Waals surface area contributed by atoms with Crippen molar-refractivity contribution in [1.82, 2.24) is 4.57 Å². The Hall–Kier alpha value is -7.92. The third kappa shape index (κ3) is 5.44. The van der Waals surface area contributed by atoms with Gasteiger partial charge in [-0.25, -0.2) is 0 Å². The second-order valence-electron chi connectivity index (χ2n) is 16.1. The van der Waals surface area contributed by atoms with Crippen molar-refractivity contribution < 1.29 is 4.42 Å². The first kappa shape index (κ1) is 34.9. The van der Waals surface area contributed by atoms with E-state index >= 15 is 0 Å². The van der Waals surface area contributed by atoms with E-state index in [1.54, 1.807) is 0 Å². The fourth-order valence-electron chi connectivity index (χ4n) is 9.69. The maximum atomic E-state index is 6.95. The Bertz CT molecular complexity index is 3830. The average molecular weight is 809 g/mol. The van der Waals surface area contributed by atoms with Crippen LogP contribution in [-0.4, -0.2) is 4.57 Å². The van der Waals surface area contributed by atoms with Crippen LogP contribution >= 0.6 is 11.3 Å². The topological polar surface area (TPSA) is 21.3 Å². The molecule has 0 aliphatic heterocycles. The number of hydrogen-bond acceptors (Lipinski definition) is 3. The molecular weight excluding hydrogens is 773 g/mol. The van der Waals surface area contributed by atoms with E-state index in [-0.39, 0.29) is 0 Å². The lowest BCUT2D eigenvalue weighted by Crippen LogP contribution is -2.10. The highest BCUT2D eigenvalue weighted by Gasteiger charge is 2.23. The number of nitrogens with zero attached hydrogens (tertiary/aromatic N) is 2. The van der Waals surface area contributed by atoms with Crippen molar-refractivity contribution in [3.05, 3.63) is 218 Å². The number of fused-ring (bicyclic) bond motifs is 10. The lowest BCUT2D eigenvalue weighted by molar-refractivity contribution is 0.670. The van der Waals surface area contributed by atoms with Crippen molar-refractivity contribution in [1.29, 1.82) is 0 Å². The Morgan fingerprint density at radius 3 is 1.89 bits per heavy atom. The fourth-order valence-corrected chi connectivity index (χ4v) is 10.8. The molecule has 0 fully saturated rings. The average Bonchev–Trinajstić information content (AvgIpc) is 4.02. The van der Waals surface area contributed by atoms with Gasteiger partial charge >= 0.3 is 0 Å². The lowest BCUT2D eigenvalue weighted by atomic mass is 9.98. The van der Waals surface area contributed by atoms with Gasteiger partial charge in [0.1, 0.15) is 11.2 Å². The minimum atomic E-state index is 0.861. The van der Waals surface area contributed by atoms with Crippen LogP contribution in [0.4, 0.5) is 17.1 Å². The number of hydrogen-bond donors (Lipinski definition) is 0. The highest BCUT2D eigenvalue weighted by Crippen LogP contribution is 2.47. The summed E-state index contributed by atoms with van der Waals surface area (Å²) in [7, 11) is 0. The van der Waals surface area contributed by atoms with Crippen molar-refractivity contribution in [3.8, 4) is 27.9 Å². The summed E-state index contributed by atoms with van der Waals surface area (Å²) in [5.74, 6) is 0. The molecule has 0 saturated carbocycles. The Labute approximate surface area is 361 Å². The zero-order valence-corrected chi connectivity index (χ0v) is 34.3. The fraction of sp³-hybridized carbons (Fsp3) is 0. The minimum Gasteiger partial charge on any atom is -0.455 e. The van der Waals surface area contributed by atoms with Gasteiger partial charge in [-0.2, -0.15) is 0 Å². The summed E-state index contributed by atoms with van der Waals surface area (Å²) in [6.07, 6.45) is 0. The minimum absolute atomic E-state index is 0.861. The first-order valence-electron chi connectivity index (χ1n) is 21.1. The van der Waals surface area contributed by atoms with Crippen LogP contribution in [0.3, 0.4) is 0 Å². The molecular formula is C58H36N2OS. The van der Waals surface area contributed by atoms with Crippen molar-refractivity contribution in [3.63, 3.8) is 0 Å². The molecule has 0 aliphatic carbocycles. The molecule has 0 saturated heterocycles. The molecule has 0 spiro atoms. The van der Waals surface area contributed by atoms with Gasteiger partial charge in [0.15, 0.2) is 0 Å². The van der Waals surface area contributed by atoms with Crippen molar-refractivity contribution >= 4 is 103 Å². The van der Waals surface area contributed by atoms with Crippen molar-refractivity contribution in [2.75, 3.05) is 4.90 Å². The number of aromatic nitrogens is 1. The second kappa shape index (κ2) is 13.8.